The fraction of sp³-hybridized carbons (Fsp3) is 0.176. The second-order valence-corrected chi connectivity index (χ2v) is 5.02. The minimum atomic E-state index is 0.178. The summed E-state index contributed by atoms with van der Waals surface area (Å²) in [6, 6.07) is 19.1. The quantitative estimate of drug-likeness (QED) is 0.712. The molecule has 2 heteroatoms. The van der Waals surface area contributed by atoms with Crippen LogP contribution in [0.2, 0.25) is 0 Å². The van der Waals surface area contributed by atoms with E-state index in [1.54, 1.807) is 0 Å². The van der Waals surface area contributed by atoms with Crippen molar-refractivity contribution in [3.05, 3.63) is 71.5 Å². The van der Waals surface area contributed by atoms with Crippen LogP contribution in [-0.4, -0.2) is 6.54 Å². The zero-order chi connectivity index (χ0) is 12.7. The van der Waals surface area contributed by atoms with E-state index in [1.807, 2.05) is 18.2 Å². The van der Waals surface area contributed by atoms with Gasteiger partial charge in [0, 0.05) is 11.9 Å². The second-order valence-electron chi connectivity index (χ2n) is 5.02. The van der Waals surface area contributed by atoms with Crippen LogP contribution in [0.3, 0.4) is 0 Å². The first kappa shape index (κ1) is 10.8. The first-order valence-corrected chi connectivity index (χ1v) is 6.71. The van der Waals surface area contributed by atoms with E-state index in [-0.39, 0.29) is 6.04 Å². The van der Waals surface area contributed by atoms with Crippen molar-refractivity contribution in [2.45, 2.75) is 12.5 Å². The molecule has 0 amide bonds. The number of hydrogen-bond acceptors (Lipinski definition) is 2. The Kier molecular flexibility index (Phi) is 2.42. The Labute approximate surface area is 112 Å². The minimum absolute atomic E-state index is 0.178. The van der Waals surface area contributed by atoms with Gasteiger partial charge in [-0.25, -0.2) is 0 Å². The van der Waals surface area contributed by atoms with Gasteiger partial charge in [-0.15, -0.1) is 0 Å². The van der Waals surface area contributed by atoms with E-state index < -0.39 is 0 Å². The molecule has 1 unspecified atom stereocenters. The maximum Gasteiger partial charge on any atom is 0.134 e. The Bertz CT molecular complexity index is 696. The highest BCUT2D eigenvalue weighted by Gasteiger charge is 2.23. The molecule has 94 valence electrons. The molecule has 0 bridgehead atoms. The third-order valence-electron chi connectivity index (χ3n) is 3.84. The Balaban J connectivity index is 1.85. The van der Waals surface area contributed by atoms with Crippen LogP contribution < -0.4 is 5.32 Å². The van der Waals surface area contributed by atoms with Crippen LogP contribution in [0.4, 0.5) is 0 Å². The Hall–Kier alpha value is -2.06. The molecule has 0 radical (unpaired) electrons. The van der Waals surface area contributed by atoms with E-state index in [9.17, 15) is 0 Å². The Morgan fingerprint density at radius 3 is 2.79 bits per heavy atom. The lowest BCUT2D eigenvalue weighted by atomic mass is 9.93. The van der Waals surface area contributed by atoms with Gasteiger partial charge in [0.1, 0.15) is 11.3 Å². The summed E-state index contributed by atoms with van der Waals surface area (Å²) in [5.41, 5.74) is 3.72. The van der Waals surface area contributed by atoms with Crippen molar-refractivity contribution >= 4 is 11.0 Å². The van der Waals surface area contributed by atoms with Crippen LogP contribution in [0, 0.1) is 0 Å². The van der Waals surface area contributed by atoms with Gasteiger partial charge >= 0.3 is 0 Å². The molecule has 1 aromatic heterocycles. The molecule has 0 saturated carbocycles. The zero-order valence-corrected chi connectivity index (χ0v) is 10.6. The summed E-state index contributed by atoms with van der Waals surface area (Å²) >= 11 is 0. The smallest absolute Gasteiger partial charge is 0.134 e. The highest BCUT2D eigenvalue weighted by molar-refractivity contribution is 5.78. The molecule has 4 rings (SSSR count). The van der Waals surface area contributed by atoms with Gasteiger partial charge in [0.15, 0.2) is 0 Å². The molecule has 1 N–H and O–H groups in total. The number of benzene rings is 2. The molecule has 19 heavy (non-hydrogen) atoms. The highest BCUT2D eigenvalue weighted by Crippen LogP contribution is 2.32. The van der Waals surface area contributed by atoms with Gasteiger partial charge in [-0.2, -0.15) is 0 Å². The highest BCUT2D eigenvalue weighted by atomic mass is 16.3. The SMILES string of the molecule is c1ccc2c(c1)CCNC2c1cc2ccccc2o1. The number of nitrogens with one attached hydrogen (secondary N) is 1. The van der Waals surface area contributed by atoms with Crippen molar-refractivity contribution < 1.29 is 4.42 Å². The van der Waals surface area contributed by atoms with E-state index >= 15 is 0 Å². The van der Waals surface area contributed by atoms with Crippen molar-refractivity contribution in [1.29, 1.82) is 0 Å². The van der Waals surface area contributed by atoms with E-state index in [0.29, 0.717) is 0 Å². The van der Waals surface area contributed by atoms with Crippen LogP contribution in [0.1, 0.15) is 22.9 Å². The third kappa shape index (κ3) is 1.76. The number of fused-ring (bicyclic) bond motifs is 2. The summed E-state index contributed by atoms with van der Waals surface area (Å²) in [5, 5.41) is 4.73. The van der Waals surface area contributed by atoms with E-state index in [4.69, 9.17) is 4.42 Å². The summed E-state index contributed by atoms with van der Waals surface area (Å²) < 4.78 is 6.00. The molecule has 0 spiro atoms. The van der Waals surface area contributed by atoms with Crippen LogP contribution >= 0.6 is 0 Å². The van der Waals surface area contributed by atoms with Gasteiger partial charge in [-0.3, -0.25) is 0 Å². The van der Waals surface area contributed by atoms with Crippen LogP contribution in [0.5, 0.6) is 0 Å². The second kappa shape index (κ2) is 4.25. The van der Waals surface area contributed by atoms with Gasteiger partial charge in [-0.05, 0) is 29.7 Å². The molecule has 0 aliphatic carbocycles. The standard InChI is InChI=1S/C17H15NO/c1-3-7-14-12(5-1)9-10-18-17(14)16-11-13-6-2-4-8-15(13)19-16/h1-8,11,17-18H,9-10H2. The zero-order valence-electron chi connectivity index (χ0n) is 10.6. The largest absolute Gasteiger partial charge is 0.459 e. The summed E-state index contributed by atoms with van der Waals surface area (Å²) in [7, 11) is 0. The molecule has 2 nitrogen and oxygen atoms in total. The van der Waals surface area contributed by atoms with Crippen LogP contribution in [0.25, 0.3) is 11.0 Å². The minimum Gasteiger partial charge on any atom is -0.459 e. The van der Waals surface area contributed by atoms with Gasteiger partial charge in [0.05, 0.1) is 6.04 Å². The van der Waals surface area contributed by atoms with Gasteiger partial charge in [-0.1, -0.05) is 42.5 Å². The predicted octanol–water partition coefficient (Wildman–Crippen LogP) is 3.67. The van der Waals surface area contributed by atoms with Gasteiger partial charge in [0.2, 0.25) is 0 Å². The molecule has 2 aromatic carbocycles. The summed E-state index contributed by atoms with van der Waals surface area (Å²) in [6.07, 6.45) is 1.09. The van der Waals surface area contributed by atoms with Crippen molar-refractivity contribution in [2.75, 3.05) is 6.54 Å². The molecular formula is C17H15NO. The maximum atomic E-state index is 6.00. The lowest BCUT2D eigenvalue weighted by molar-refractivity contribution is 0.456. The monoisotopic (exact) mass is 249 g/mol. The lowest BCUT2D eigenvalue weighted by Crippen LogP contribution is -2.30. The Morgan fingerprint density at radius 2 is 1.84 bits per heavy atom. The molecule has 2 heterocycles. The number of rotatable bonds is 1. The molecule has 0 saturated heterocycles. The predicted molar refractivity (Wildman–Crippen MR) is 76.2 cm³/mol. The van der Waals surface area contributed by atoms with Crippen molar-refractivity contribution in [2.24, 2.45) is 0 Å². The van der Waals surface area contributed by atoms with Gasteiger partial charge in [0.25, 0.3) is 0 Å². The third-order valence-corrected chi connectivity index (χ3v) is 3.84. The van der Waals surface area contributed by atoms with E-state index in [2.05, 4.69) is 41.7 Å². The van der Waals surface area contributed by atoms with Gasteiger partial charge < -0.3 is 9.73 Å². The van der Waals surface area contributed by atoms with Crippen LogP contribution in [0.15, 0.2) is 59.0 Å². The average Bonchev–Trinajstić information content (AvgIpc) is 2.90. The van der Waals surface area contributed by atoms with Crippen molar-refractivity contribution in [1.82, 2.24) is 5.32 Å². The molecule has 0 fully saturated rings. The summed E-state index contributed by atoms with van der Waals surface area (Å²) in [4.78, 5) is 0. The number of para-hydroxylation sites is 1. The molecular weight excluding hydrogens is 234 g/mol. The fourth-order valence-corrected chi connectivity index (χ4v) is 2.90. The summed E-state index contributed by atoms with van der Waals surface area (Å²) in [5.74, 6) is 1.01. The first-order chi connectivity index (χ1) is 9.42. The lowest BCUT2D eigenvalue weighted by Gasteiger charge is -2.25. The maximum absolute atomic E-state index is 6.00. The number of furan rings is 1. The molecule has 1 aliphatic rings. The van der Waals surface area contributed by atoms with Crippen LogP contribution in [-0.2, 0) is 6.42 Å². The Morgan fingerprint density at radius 1 is 1.00 bits per heavy atom. The first-order valence-electron chi connectivity index (χ1n) is 6.71. The fourth-order valence-electron chi connectivity index (χ4n) is 2.90. The molecule has 3 aromatic rings. The molecule has 1 atom stereocenters. The molecule has 1 aliphatic heterocycles. The van der Waals surface area contributed by atoms with E-state index in [0.717, 1.165) is 24.3 Å². The number of hydrogen-bond donors (Lipinski definition) is 1. The topological polar surface area (TPSA) is 25.2 Å². The van der Waals surface area contributed by atoms with E-state index in [1.165, 1.54) is 16.5 Å². The van der Waals surface area contributed by atoms with Crippen molar-refractivity contribution in [3.63, 3.8) is 0 Å². The average molecular weight is 249 g/mol. The van der Waals surface area contributed by atoms with Crippen molar-refractivity contribution in [3.8, 4) is 0 Å². The summed E-state index contributed by atoms with van der Waals surface area (Å²) in [6.45, 7) is 0.999. The normalized spacial score (nSPS) is 18.4.